The van der Waals surface area contributed by atoms with E-state index in [9.17, 15) is 0 Å². The van der Waals surface area contributed by atoms with Gasteiger partial charge in [-0.15, -0.1) is 0 Å². The van der Waals surface area contributed by atoms with Crippen molar-refractivity contribution < 1.29 is 0 Å². The Hall–Kier alpha value is -2.06. The van der Waals surface area contributed by atoms with Crippen molar-refractivity contribution >= 4 is 10.9 Å². The van der Waals surface area contributed by atoms with Crippen LogP contribution in [0.1, 0.15) is 12.0 Å². The Bertz CT molecular complexity index is 711. The molecule has 0 fully saturated rings. The molecule has 0 saturated heterocycles. The maximum Gasteiger partial charge on any atom is 0.0531 e. The highest BCUT2D eigenvalue weighted by atomic mass is 15.0. The van der Waals surface area contributed by atoms with Gasteiger partial charge >= 0.3 is 0 Å². The first-order valence-electron chi connectivity index (χ1n) is 7.55. The van der Waals surface area contributed by atoms with Gasteiger partial charge in [-0.3, -0.25) is 0 Å². The van der Waals surface area contributed by atoms with E-state index in [0.29, 0.717) is 0 Å². The van der Waals surface area contributed by atoms with Crippen LogP contribution in [0.2, 0.25) is 0 Å². The van der Waals surface area contributed by atoms with Crippen LogP contribution in [-0.2, 0) is 6.42 Å². The van der Waals surface area contributed by atoms with Gasteiger partial charge in [-0.25, -0.2) is 0 Å². The second-order valence-corrected chi connectivity index (χ2v) is 5.78. The molecule has 0 saturated carbocycles. The molecule has 2 heteroatoms. The normalized spacial score (nSPS) is 11.4. The van der Waals surface area contributed by atoms with E-state index in [1.165, 1.54) is 28.6 Å². The highest BCUT2D eigenvalue weighted by Gasteiger charge is 2.09. The van der Waals surface area contributed by atoms with E-state index in [0.717, 1.165) is 13.0 Å². The third kappa shape index (κ3) is 3.01. The van der Waals surface area contributed by atoms with E-state index in [4.69, 9.17) is 0 Å². The van der Waals surface area contributed by atoms with Crippen LogP contribution in [0.5, 0.6) is 0 Å². The summed E-state index contributed by atoms with van der Waals surface area (Å²) in [6.45, 7) is 1.13. The summed E-state index contributed by atoms with van der Waals surface area (Å²) in [7, 11) is 4.26. The molecule has 0 aliphatic rings. The topological polar surface area (TPSA) is 8.17 Å². The summed E-state index contributed by atoms with van der Waals surface area (Å²) in [6, 6.07) is 19.3. The molecule has 0 bridgehead atoms. The lowest BCUT2D eigenvalue weighted by Gasteiger charge is -2.08. The Morgan fingerprint density at radius 2 is 1.62 bits per heavy atom. The zero-order valence-electron chi connectivity index (χ0n) is 12.8. The van der Waals surface area contributed by atoms with Gasteiger partial charge in [0.25, 0.3) is 0 Å². The van der Waals surface area contributed by atoms with Crippen LogP contribution in [0.15, 0.2) is 60.8 Å². The molecule has 0 spiro atoms. The van der Waals surface area contributed by atoms with Gasteiger partial charge < -0.3 is 9.47 Å². The molecule has 0 N–H and O–H groups in total. The molecule has 3 rings (SSSR count). The van der Waals surface area contributed by atoms with Crippen LogP contribution in [0.25, 0.3) is 16.6 Å². The van der Waals surface area contributed by atoms with E-state index in [1.807, 2.05) is 0 Å². The first-order chi connectivity index (χ1) is 10.3. The highest BCUT2D eigenvalue weighted by Crippen LogP contribution is 2.25. The van der Waals surface area contributed by atoms with Crippen LogP contribution in [-0.4, -0.2) is 30.1 Å². The summed E-state index contributed by atoms with van der Waals surface area (Å²) in [5.74, 6) is 0. The molecule has 2 aromatic carbocycles. The minimum Gasteiger partial charge on any atom is -0.316 e. The quantitative estimate of drug-likeness (QED) is 0.681. The summed E-state index contributed by atoms with van der Waals surface area (Å²) < 4.78 is 2.31. The Labute approximate surface area is 126 Å². The highest BCUT2D eigenvalue weighted by molar-refractivity contribution is 5.85. The largest absolute Gasteiger partial charge is 0.316 e. The number of hydrogen-bond acceptors (Lipinski definition) is 1. The Morgan fingerprint density at radius 1 is 0.905 bits per heavy atom. The molecule has 0 aliphatic carbocycles. The summed E-state index contributed by atoms with van der Waals surface area (Å²) >= 11 is 0. The molecule has 0 aliphatic heterocycles. The Kier molecular flexibility index (Phi) is 4.07. The number of nitrogens with zero attached hydrogens (tertiary/aromatic N) is 2. The molecule has 0 atom stereocenters. The first kappa shape index (κ1) is 13.9. The first-order valence-corrected chi connectivity index (χ1v) is 7.55. The van der Waals surface area contributed by atoms with E-state index in [2.05, 4.69) is 84.4 Å². The van der Waals surface area contributed by atoms with Crippen LogP contribution >= 0.6 is 0 Å². The van der Waals surface area contributed by atoms with E-state index in [-0.39, 0.29) is 0 Å². The average Bonchev–Trinajstić information content (AvgIpc) is 2.87. The van der Waals surface area contributed by atoms with Gasteiger partial charge in [-0.1, -0.05) is 36.4 Å². The van der Waals surface area contributed by atoms with Crippen LogP contribution in [0.3, 0.4) is 0 Å². The molecule has 2 nitrogen and oxygen atoms in total. The van der Waals surface area contributed by atoms with Gasteiger partial charge in [-0.2, -0.15) is 0 Å². The molecule has 0 radical (unpaired) electrons. The van der Waals surface area contributed by atoms with E-state index < -0.39 is 0 Å². The fourth-order valence-electron chi connectivity index (χ4n) is 2.84. The lowest BCUT2D eigenvalue weighted by molar-refractivity contribution is 0.400. The SMILES string of the molecule is CN(C)CCCc1cn(-c2ccccc2)c2ccccc12. The summed E-state index contributed by atoms with van der Waals surface area (Å²) in [6.07, 6.45) is 4.62. The lowest BCUT2D eigenvalue weighted by atomic mass is 10.1. The Morgan fingerprint density at radius 3 is 2.38 bits per heavy atom. The summed E-state index contributed by atoms with van der Waals surface area (Å²) in [5, 5.41) is 1.38. The molecular formula is C19H22N2. The van der Waals surface area contributed by atoms with Gasteiger partial charge in [-0.05, 0) is 57.2 Å². The molecule has 108 valence electrons. The number of aromatic nitrogens is 1. The van der Waals surface area contributed by atoms with Crippen molar-refractivity contribution in [3.8, 4) is 5.69 Å². The van der Waals surface area contributed by atoms with Crippen LogP contribution in [0, 0.1) is 0 Å². The second-order valence-electron chi connectivity index (χ2n) is 5.78. The second kappa shape index (κ2) is 6.15. The monoisotopic (exact) mass is 278 g/mol. The Balaban J connectivity index is 1.98. The van der Waals surface area contributed by atoms with Gasteiger partial charge in [0, 0.05) is 17.3 Å². The van der Waals surface area contributed by atoms with Gasteiger partial charge in [0.2, 0.25) is 0 Å². The fourth-order valence-corrected chi connectivity index (χ4v) is 2.84. The maximum atomic E-state index is 2.31. The van der Waals surface area contributed by atoms with Crippen molar-refractivity contribution in [1.82, 2.24) is 9.47 Å². The zero-order valence-corrected chi connectivity index (χ0v) is 12.8. The minimum absolute atomic E-state index is 1.12. The third-order valence-electron chi connectivity index (χ3n) is 3.88. The van der Waals surface area contributed by atoms with Crippen molar-refractivity contribution in [3.63, 3.8) is 0 Å². The van der Waals surface area contributed by atoms with Crippen LogP contribution in [0.4, 0.5) is 0 Å². The standard InChI is InChI=1S/C19H22N2/c1-20(2)14-8-9-16-15-21(17-10-4-3-5-11-17)19-13-7-6-12-18(16)19/h3-7,10-13,15H,8-9,14H2,1-2H3. The zero-order chi connectivity index (χ0) is 14.7. The maximum absolute atomic E-state index is 2.31. The predicted octanol–water partition coefficient (Wildman–Crippen LogP) is 4.12. The van der Waals surface area contributed by atoms with E-state index >= 15 is 0 Å². The third-order valence-corrected chi connectivity index (χ3v) is 3.88. The number of hydrogen-bond donors (Lipinski definition) is 0. The van der Waals surface area contributed by atoms with E-state index in [1.54, 1.807) is 0 Å². The van der Waals surface area contributed by atoms with Gasteiger partial charge in [0.05, 0.1) is 5.52 Å². The molecular weight excluding hydrogens is 256 g/mol. The predicted molar refractivity (Wildman–Crippen MR) is 90.2 cm³/mol. The van der Waals surface area contributed by atoms with Crippen molar-refractivity contribution in [1.29, 1.82) is 0 Å². The van der Waals surface area contributed by atoms with Crippen molar-refractivity contribution in [2.24, 2.45) is 0 Å². The number of aryl methyl sites for hydroxylation is 1. The fraction of sp³-hybridized carbons (Fsp3) is 0.263. The molecule has 1 heterocycles. The van der Waals surface area contributed by atoms with Crippen molar-refractivity contribution in [2.45, 2.75) is 12.8 Å². The molecule has 0 amide bonds. The smallest absolute Gasteiger partial charge is 0.0531 e. The van der Waals surface area contributed by atoms with Gasteiger partial charge in [0.1, 0.15) is 0 Å². The lowest BCUT2D eigenvalue weighted by Crippen LogP contribution is -2.13. The molecule has 0 unspecified atom stereocenters. The number of benzene rings is 2. The molecule has 3 aromatic rings. The summed E-state index contributed by atoms with van der Waals surface area (Å²) in [5.41, 5.74) is 3.97. The number of para-hydroxylation sites is 2. The van der Waals surface area contributed by atoms with Crippen molar-refractivity contribution in [2.75, 3.05) is 20.6 Å². The summed E-state index contributed by atoms with van der Waals surface area (Å²) in [4.78, 5) is 2.25. The molecule has 21 heavy (non-hydrogen) atoms. The van der Waals surface area contributed by atoms with Gasteiger partial charge in [0.15, 0.2) is 0 Å². The van der Waals surface area contributed by atoms with Crippen molar-refractivity contribution in [3.05, 3.63) is 66.4 Å². The van der Waals surface area contributed by atoms with Crippen LogP contribution < -0.4 is 0 Å². The molecule has 1 aromatic heterocycles. The number of rotatable bonds is 5. The minimum atomic E-state index is 1.12. The number of fused-ring (bicyclic) bond motifs is 1. The average molecular weight is 278 g/mol.